The number of thioether (sulfide) groups is 1. The quantitative estimate of drug-likeness (QED) is 0.854. The number of hydrogen-bond acceptors (Lipinski definition) is 3. The normalized spacial score (nSPS) is 23.2. The Balaban J connectivity index is 2.09. The summed E-state index contributed by atoms with van der Waals surface area (Å²) in [5.74, 6) is 3.49. The third-order valence-electron chi connectivity index (χ3n) is 2.89. The Morgan fingerprint density at radius 2 is 2.60 bits per heavy atom. The van der Waals surface area contributed by atoms with Gasteiger partial charge in [0.25, 0.3) is 0 Å². The van der Waals surface area contributed by atoms with E-state index in [-0.39, 0.29) is 6.10 Å². The Morgan fingerprint density at radius 3 is 3.27 bits per heavy atom. The highest BCUT2D eigenvalue weighted by atomic mass is 32.2. The maximum atomic E-state index is 10.2. The van der Waals surface area contributed by atoms with Gasteiger partial charge >= 0.3 is 0 Å². The third kappa shape index (κ3) is 2.37. The average molecular weight is 226 g/mol. The Morgan fingerprint density at radius 1 is 1.73 bits per heavy atom. The van der Waals surface area contributed by atoms with Crippen molar-refractivity contribution in [2.75, 3.05) is 11.5 Å². The number of rotatable bonds is 4. The summed E-state index contributed by atoms with van der Waals surface area (Å²) < 4.78 is 2.08. The molecule has 2 atom stereocenters. The van der Waals surface area contributed by atoms with E-state index in [1.165, 1.54) is 5.75 Å². The van der Waals surface area contributed by atoms with Crippen LogP contribution in [0.3, 0.4) is 0 Å². The van der Waals surface area contributed by atoms with Crippen molar-refractivity contribution in [2.45, 2.75) is 32.4 Å². The molecule has 1 aliphatic rings. The van der Waals surface area contributed by atoms with Gasteiger partial charge in [0, 0.05) is 24.9 Å². The van der Waals surface area contributed by atoms with Crippen LogP contribution < -0.4 is 0 Å². The van der Waals surface area contributed by atoms with Gasteiger partial charge in [0.15, 0.2) is 0 Å². The molecule has 1 aliphatic heterocycles. The van der Waals surface area contributed by atoms with Gasteiger partial charge in [-0.1, -0.05) is 6.92 Å². The van der Waals surface area contributed by atoms with Crippen molar-refractivity contribution >= 4 is 11.8 Å². The number of imidazole rings is 1. The van der Waals surface area contributed by atoms with Gasteiger partial charge in [0.1, 0.15) is 11.9 Å². The van der Waals surface area contributed by atoms with E-state index in [1.54, 1.807) is 6.20 Å². The number of aryl methyl sites for hydroxylation is 1. The number of nitrogens with zero attached hydrogens (tertiary/aromatic N) is 2. The zero-order chi connectivity index (χ0) is 10.7. The molecule has 0 spiro atoms. The van der Waals surface area contributed by atoms with Crippen LogP contribution in [-0.2, 0) is 6.54 Å². The van der Waals surface area contributed by atoms with Gasteiger partial charge in [-0.2, -0.15) is 11.8 Å². The minimum atomic E-state index is -0.374. The molecule has 2 unspecified atom stereocenters. The molecule has 0 bridgehead atoms. The van der Waals surface area contributed by atoms with E-state index in [4.69, 9.17) is 0 Å². The van der Waals surface area contributed by atoms with Gasteiger partial charge in [-0.15, -0.1) is 0 Å². The van der Waals surface area contributed by atoms with Crippen molar-refractivity contribution in [1.82, 2.24) is 9.55 Å². The largest absolute Gasteiger partial charge is 0.385 e. The number of aliphatic hydroxyl groups is 1. The van der Waals surface area contributed by atoms with Crippen LogP contribution in [0.2, 0.25) is 0 Å². The van der Waals surface area contributed by atoms with Crippen molar-refractivity contribution in [3.8, 4) is 0 Å². The Labute approximate surface area is 94.9 Å². The van der Waals surface area contributed by atoms with Crippen LogP contribution in [0, 0.1) is 5.92 Å². The van der Waals surface area contributed by atoms with E-state index >= 15 is 0 Å². The second-order valence-corrected chi connectivity index (χ2v) is 5.20. The first-order valence-corrected chi connectivity index (χ1v) is 6.75. The second-order valence-electron chi connectivity index (χ2n) is 4.05. The summed E-state index contributed by atoms with van der Waals surface area (Å²) in [6, 6.07) is 0. The number of aliphatic hydroxyl groups excluding tert-OH is 1. The van der Waals surface area contributed by atoms with E-state index in [0.717, 1.165) is 31.0 Å². The SMILES string of the molecule is CCCn1ccnc1C(O)C1CCSC1. The van der Waals surface area contributed by atoms with Gasteiger partial charge in [-0.05, 0) is 24.3 Å². The predicted octanol–water partition coefficient (Wildman–Crippen LogP) is 2.08. The highest BCUT2D eigenvalue weighted by molar-refractivity contribution is 7.99. The fourth-order valence-electron chi connectivity index (χ4n) is 2.03. The molecule has 0 aliphatic carbocycles. The lowest BCUT2D eigenvalue weighted by Gasteiger charge is -2.17. The monoisotopic (exact) mass is 226 g/mol. The van der Waals surface area contributed by atoms with E-state index in [1.807, 2.05) is 18.0 Å². The van der Waals surface area contributed by atoms with Crippen LogP contribution in [0.15, 0.2) is 12.4 Å². The Kier molecular flexibility index (Phi) is 3.70. The van der Waals surface area contributed by atoms with Crippen molar-refractivity contribution in [2.24, 2.45) is 5.92 Å². The van der Waals surface area contributed by atoms with Gasteiger partial charge in [-0.25, -0.2) is 4.98 Å². The summed E-state index contributed by atoms with van der Waals surface area (Å²) in [5, 5.41) is 10.2. The van der Waals surface area contributed by atoms with Gasteiger partial charge in [0.2, 0.25) is 0 Å². The van der Waals surface area contributed by atoms with Crippen molar-refractivity contribution in [1.29, 1.82) is 0 Å². The summed E-state index contributed by atoms with van der Waals surface area (Å²) in [5.41, 5.74) is 0. The molecule has 0 saturated carbocycles. The Hall–Kier alpha value is -0.480. The van der Waals surface area contributed by atoms with Crippen molar-refractivity contribution in [3.63, 3.8) is 0 Å². The summed E-state index contributed by atoms with van der Waals surface area (Å²) in [4.78, 5) is 4.28. The number of hydrogen-bond donors (Lipinski definition) is 1. The Bertz CT molecular complexity index is 307. The lowest BCUT2D eigenvalue weighted by atomic mass is 10.0. The maximum absolute atomic E-state index is 10.2. The van der Waals surface area contributed by atoms with E-state index in [2.05, 4.69) is 16.5 Å². The van der Waals surface area contributed by atoms with Crippen LogP contribution >= 0.6 is 11.8 Å². The minimum Gasteiger partial charge on any atom is -0.385 e. The first kappa shape index (κ1) is 11.0. The topological polar surface area (TPSA) is 38.0 Å². The number of aromatic nitrogens is 2. The first-order valence-electron chi connectivity index (χ1n) is 5.59. The summed E-state index contributed by atoms with van der Waals surface area (Å²) in [7, 11) is 0. The first-order chi connectivity index (χ1) is 7.33. The maximum Gasteiger partial charge on any atom is 0.137 e. The summed E-state index contributed by atoms with van der Waals surface area (Å²) >= 11 is 1.93. The van der Waals surface area contributed by atoms with Crippen LogP contribution in [-0.4, -0.2) is 26.2 Å². The molecule has 2 heterocycles. The highest BCUT2D eigenvalue weighted by Gasteiger charge is 2.27. The summed E-state index contributed by atoms with van der Waals surface area (Å²) in [6.07, 6.45) is 5.57. The molecule has 4 heteroatoms. The molecule has 2 rings (SSSR count). The van der Waals surface area contributed by atoms with E-state index in [9.17, 15) is 5.11 Å². The smallest absolute Gasteiger partial charge is 0.137 e. The van der Waals surface area contributed by atoms with E-state index in [0.29, 0.717) is 5.92 Å². The lowest BCUT2D eigenvalue weighted by Crippen LogP contribution is -2.17. The molecular weight excluding hydrogens is 208 g/mol. The third-order valence-corrected chi connectivity index (χ3v) is 4.08. The molecule has 1 fully saturated rings. The second kappa shape index (κ2) is 5.03. The molecule has 84 valence electrons. The average Bonchev–Trinajstić information content (AvgIpc) is 2.87. The molecule has 1 aromatic rings. The highest BCUT2D eigenvalue weighted by Crippen LogP contribution is 2.33. The molecule has 0 radical (unpaired) electrons. The standard InChI is InChI=1S/C11H18N2OS/c1-2-5-13-6-4-12-11(13)10(14)9-3-7-15-8-9/h4,6,9-10,14H,2-3,5,7-8H2,1H3. The molecular formula is C11H18N2OS. The van der Waals surface area contributed by atoms with Gasteiger partial charge in [-0.3, -0.25) is 0 Å². The fraction of sp³-hybridized carbons (Fsp3) is 0.727. The van der Waals surface area contributed by atoms with E-state index < -0.39 is 0 Å². The van der Waals surface area contributed by atoms with Crippen molar-refractivity contribution in [3.05, 3.63) is 18.2 Å². The molecule has 0 amide bonds. The van der Waals surface area contributed by atoms with Crippen molar-refractivity contribution < 1.29 is 5.11 Å². The van der Waals surface area contributed by atoms with Gasteiger partial charge < -0.3 is 9.67 Å². The van der Waals surface area contributed by atoms with Crippen LogP contribution in [0.4, 0.5) is 0 Å². The van der Waals surface area contributed by atoms with Gasteiger partial charge in [0.05, 0.1) is 0 Å². The molecule has 3 nitrogen and oxygen atoms in total. The minimum absolute atomic E-state index is 0.374. The molecule has 1 N–H and O–H groups in total. The van der Waals surface area contributed by atoms with Crippen LogP contribution in [0.1, 0.15) is 31.7 Å². The molecule has 1 aromatic heterocycles. The van der Waals surface area contributed by atoms with Crippen LogP contribution in [0.25, 0.3) is 0 Å². The fourth-order valence-corrected chi connectivity index (χ4v) is 3.32. The lowest BCUT2D eigenvalue weighted by molar-refractivity contribution is 0.108. The molecule has 15 heavy (non-hydrogen) atoms. The molecule has 1 saturated heterocycles. The predicted molar refractivity (Wildman–Crippen MR) is 62.9 cm³/mol. The zero-order valence-corrected chi connectivity index (χ0v) is 9.91. The summed E-state index contributed by atoms with van der Waals surface area (Å²) in [6.45, 7) is 3.09. The van der Waals surface area contributed by atoms with Crippen LogP contribution in [0.5, 0.6) is 0 Å². The zero-order valence-electron chi connectivity index (χ0n) is 9.09. The molecule has 0 aromatic carbocycles.